The van der Waals surface area contributed by atoms with Gasteiger partial charge in [0.05, 0.1) is 0 Å². The van der Waals surface area contributed by atoms with E-state index in [4.69, 9.17) is 0 Å². The average Bonchev–Trinajstić information content (AvgIpc) is 2.55. The summed E-state index contributed by atoms with van der Waals surface area (Å²) in [6.45, 7) is 9.63. The number of hydrogen-bond donors (Lipinski definition) is 1. The highest BCUT2D eigenvalue weighted by Gasteiger charge is 2.18. The van der Waals surface area contributed by atoms with Gasteiger partial charge in [-0.2, -0.15) is 0 Å². The minimum Gasteiger partial charge on any atom is -0.325 e. The number of nitrogens with zero attached hydrogens (tertiary/aromatic N) is 1. The molecule has 1 N–H and O–H groups in total. The Balaban J connectivity index is 2.13. The zero-order valence-electron chi connectivity index (χ0n) is 15.6. The van der Waals surface area contributed by atoms with E-state index in [1.807, 2.05) is 56.3 Å². The summed E-state index contributed by atoms with van der Waals surface area (Å²) in [5, 5.41) is 2.86. The maximum Gasteiger partial charge on any atom is 0.244 e. The second-order valence-electron chi connectivity index (χ2n) is 6.72. The molecule has 0 aliphatic rings. The molecule has 2 aromatic carbocycles. The van der Waals surface area contributed by atoms with Crippen LogP contribution in [0.5, 0.6) is 0 Å². The summed E-state index contributed by atoms with van der Waals surface area (Å²) in [6, 6.07) is 13.7. The molecule has 0 aliphatic carbocycles. The Morgan fingerprint density at radius 3 is 2.24 bits per heavy atom. The highest BCUT2D eigenvalue weighted by molar-refractivity contribution is 6.02. The number of anilines is 2. The molecule has 0 spiro atoms. The maximum absolute atomic E-state index is 12.4. The minimum atomic E-state index is -0.214. The van der Waals surface area contributed by atoms with Gasteiger partial charge in [0.25, 0.3) is 0 Å². The van der Waals surface area contributed by atoms with Crippen LogP contribution >= 0.6 is 0 Å². The summed E-state index contributed by atoms with van der Waals surface area (Å²) in [5.74, 6) is 0.0784. The van der Waals surface area contributed by atoms with Gasteiger partial charge in [0.2, 0.25) is 11.8 Å². The van der Waals surface area contributed by atoms with Crippen molar-refractivity contribution >= 4 is 23.2 Å². The van der Waals surface area contributed by atoms with Gasteiger partial charge >= 0.3 is 0 Å². The number of aryl methyl sites for hydroxylation is 2. The Bertz CT molecular complexity index is 764. The van der Waals surface area contributed by atoms with Crippen molar-refractivity contribution in [3.05, 3.63) is 59.2 Å². The Morgan fingerprint density at radius 1 is 1.04 bits per heavy atom. The van der Waals surface area contributed by atoms with Gasteiger partial charge in [0.15, 0.2) is 0 Å². The predicted octanol–water partition coefficient (Wildman–Crippen LogP) is 4.42. The minimum absolute atomic E-state index is 0.00837. The van der Waals surface area contributed by atoms with Crippen molar-refractivity contribution in [2.75, 3.05) is 16.8 Å². The summed E-state index contributed by atoms with van der Waals surface area (Å²) in [4.78, 5) is 26.0. The van der Waals surface area contributed by atoms with Crippen molar-refractivity contribution in [2.24, 2.45) is 0 Å². The maximum atomic E-state index is 12.4. The molecule has 4 nitrogen and oxygen atoms in total. The Labute approximate surface area is 149 Å². The van der Waals surface area contributed by atoms with E-state index in [2.05, 4.69) is 19.2 Å². The fraction of sp³-hybridized carbons (Fsp3) is 0.333. The SMILES string of the molecule is CC(=O)N(CC(=O)Nc1ccc(C(C)C)cc1)c1cc(C)ccc1C. The zero-order valence-corrected chi connectivity index (χ0v) is 15.6. The van der Waals surface area contributed by atoms with Gasteiger partial charge in [-0.15, -0.1) is 0 Å². The van der Waals surface area contributed by atoms with Crippen molar-refractivity contribution in [2.45, 2.75) is 40.5 Å². The van der Waals surface area contributed by atoms with Crippen LogP contribution in [0.4, 0.5) is 11.4 Å². The fourth-order valence-electron chi connectivity index (χ4n) is 2.67. The topological polar surface area (TPSA) is 49.4 Å². The lowest BCUT2D eigenvalue weighted by molar-refractivity contribution is -0.120. The number of benzene rings is 2. The van der Waals surface area contributed by atoms with Crippen LogP contribution in [0, 0.1) is 13.8 Å². The van der Waals surface area contributed by atoms with Crippen LogP contribution in [0.2, 0.25) is 0 Å². The van der Waals surface area contributed by atoms with Crippen LogP contribution < -0.4 is 10.2 Å². The smallest absolute Gasteiger partial charge is 0.244 e. The quantitative estimate of drug-likeness (QED) is 0.877. The number of amides is 2. The molecule has 2 aromatic rings. The van der Waals surface area contributed by atoms with Crippen LogP contribution in [0.25, 0.3) is 0 Å². The van der Waals surface area contributed by atoms with Gasteiger partial charge in [-0.1, -0.05) is 38.1 Å². The molecular formula is C21H26N2O2. The molecule has 0 radical (unpaired) electrons. The second-order valence-corrected chi connectivity index (χ2v) is 6.72. The van der Waals surface area contributed by atoms with E-state index >= 15 is 0 Å². The van der Waals surface area contributed by atoms with E-state index in [1.54, 1.807) is 0 Å². The fourth-order valence-corrected chi connectivity index (χ4v) is 2.67. The van der Waals surface area contributed by atoms with Crippen molar-refractivity contribution < 1.29 is 9.59 Å². The van der Waals surface area contributed by atoms with E-state index in [9.17, 15) is 9.59 Å². The first-order valence-corrected chi connectivity index (χ1v) is 8.53. The van der Waals surface area contributed by atoms with E-state index in [0.29, 0.717) is 5.92 Å². The molecule has 0 heterocycles. The summed E-state index contributed by atoms with van der Waals surface area (Å²) in [5.41, 5.74) is 4.75. The first-order valence-electron chi connectivity index (χ1n) is 8.53. The van der Waals surface area contributed by atoms with E-state index < -0.39 is 0 Å². The molecule has 0 aromatic heterocycles. The van der Waals surface area contributed by atoms with Crippen molar-refractivity contribution in [1.29, 1.82) is 0 Å². The zero-order chi connectivity index (χ0) is 18.6. The molecule has 0 saturated carbocycles. The van der Waals surface area contributed by atoms with Crippen LogP contribution in [0.15, 0.2) is 42.5 Å². The molecular weight excluding hydrogens is 312 g/mol. The lowest BCUT2D eigenvalue weighted by atomic mass is 10.0. The summed E-state index contributed by atoms with van der Waals surface area (Å²) >= 11 is 0. The Kier molecular flexibility index (Phi) is 5.97. The van der Waals surface area contributed by atoms with E-state index in [-0.39, 0.29) is 18.4 Å². The normalized spacial score (nSPS) is 10.6. The molecule has 2 amide bonds. The first-order chi connectivity index (χ1) is 11.8. The van der Waals surface area contributed by atoms with Crippen LogP contribution in [0.3, 0.4) is 0 Å². The van der Waals surface area contributed by atoms with Gasteiger partial charge in [0.1, 0.15) is 6.54 Å². The van der Waals surface area contributed by atoms with Crippen LogP contribution in [-0.2, 0) is 9.59 Å². The number of rotatable bonds is 5. The first kappa shape index (κ1) is 18.7. The third-order valence-corrected chi connectivity index (χ3v) is 4.20. The summed E-state index contributed by atoms with van der Waals surface area (Å²) in [6.07, 6.45) is 0. The molecule has 4 heteroatoms. The van der Waals surface area contributed by atoms with Gasteiger partial charge in [-0.25, -0.2) is 0 Å². The predicted molar refractivity (Wildman–Crippen MR) is 103 cm³/mol. The van der Waals surface area contributed by atoms with Crippen LogP contribution in [0.1, 0.15) is 43.4 Å². The number of nitrogens with one attached hydrogen (secondary N) is 1. The lowest BCUT2D eigenvalue weighted by Gasteiger charge is -2.23. The molecule has 25 heavy (non-hydrogen) atoms. The van der Waals surface area contributed by atoms with Crippen molar-refractivity contribution in [3.8, 4) is 0 Å². The molecule has 0 unspecified atom stereocenters. The standard InChI is InChI=1S/C21H26N2O2/c1-14(2)18-8-10-19(11-9-18)22-21(25)13-23(17(5)24)20-12-15(3)6-7-16(20)4/h6-12,14H,13H2,1-5H3,(H,22,25). The lowest BCUT2D eigenvalue weighted by Crippen LogP contribution is -2.37. The van der Waals surface area contributed by atoms with E-state index in [1.165, 1.54) is 17.4 Å². The molecule has 0 bridgehead atoms. The van der Waals surface area contributed by atoms with Gasteiger partial charge < -0.3 is 10.2 Å². The third kappa shape index (κ3) is 4.92. The molecule has 132 valence electrons. The van der Waals surface area contributed by atoms with E-state index in [0.717, 1.165) is 22.5 Å². The highest BCUT2D eigenvalue weighted by atomic mass is 16.2. The number of hydrogen-bond acceptors (Lipinski definition) is 2. The Morgan fingerprint density at radius 2 is 1.68 bits per heavy atom. The van der Waals surface area contributed by atoms with Crippen molar-refractivity contribution in [3.63, 3.8) is 0 Å². The molecule has 0 saturated heterocycles. The second kappa shape index (κ2) is 7.97. The van der Waals surface area contributed by atoms with Gasteiger partial charge in [0, 0.05) is 18.3 Å². The summed E-state index contributed by atoms with van der Waals surface area (Å²) in [7, 11) is 0. The average molecular weight is 338 g/mol. The largest absolute Gasteiger partial charge is 0.325 e. The van der Waals surface area contributed by atoms with Gasteiger partial charge in [-0.3, -0.25) is 9.59 Å². The molecule has 0 atom stereocenters. The number of carbonyl (C=O) groups is 2. The number of carbonyl (C=O) groups excluding carboxylic acids is 2. The Hall–Kier alpha value is -2.62. The molecule has 0 fully saturated rings. The monoisotopic (exact) mass is 338 g/mol. The molecule has 0 aliphatic heterocycles. The molecule has 2 rings (SSSR count). The summed E-state index contributed by atoms with van der Waals surface area (Å²) < 4.78 is 0. The van der Waals surface area contributed by atoms with Crippen molar-refractivity contribution in [1.82, 2.24) is 0 Å². The van der Waals surface area contributed by atoms with Crippen LogP contribution in [-0.4, -0.2) is 18.4 Å². The third-order valence-electron chi connectivity index (χ3n) is 4.20. The van der Waals surface area contributed by atoms with Gasteiger partial charge in [-0.05, 0) is 54.7 Å². The highest BCUT2D eigenvalue weighted by Crippen LogP contribution is 2.22.